The summed E-state index contributed by atoms with van der Waals surface area (Å²) in [6, 6.07) is 16.9. The standard InChI is InChI=1S/C19H21N3O2/c1-2-23-18-10-6-4-8-16(18)21-11-13-22(14-12-21)19-20-15-7-3-5-9-17(15)24-19/h3-10H,2,11-14H2,1H3. The van der Waals surface area contributed by atoms with Crippen LogP contribution in [0.2, 0.25) is 0 Å². The maximum Gasteiger partial charge on any atom is 0.298 e. The Morgan fingerprint density at radius 2 is 1.67 bits per heavy atom. The van der Waals surface area contributed by atoms with E-state index in [0.29, 0.717) is 12.6 Å². The predicted molar refractivity (Wildman–Crippen MR) is 96.0 cm³/mol. The van der Waals surface area contributed by atoms with Crippen LogP contribution >= 0.6 is 0 Å². The Balaban J connectivity index is 1.49. The summed E-state index contributed by atoms with van der Waals surface area (Å²) in [7, 11) is 0. The maximum atomic E-state index is 5.88. The number of nitrogens with zero attached hydrogens (tertiary/aromatic N) is 3. The minimum atomic E-state index is 0.680. The third-order valence-corrected chi connectivity index (χ3v) is 4.34. The Kier molecular flexibility index (Phi) is 3.99. The van der Waals surface area contributed by atoms with Crippen LogP contribution in [0.25, 0.3) is 11.1 Å². The van der Waals surface area contributed by atoms with Crippen molar-refractivity contribution in [2.24, 2.45) is 0 Å². The van der Waals surface area contributed by atoms with Crippen LogP contribution in [-0.2, 0) is 0 Å². The molecule has 0 spiro atoms. The first kappa shape index (κ1) is 14.9. The lowest BCUT2D eigenvalue weighted by Gasteiger charge is -2.35. The van der Waals surface area contributed by atoms with Crippen LogP contribution in [0, 0.1) is 0 Å². The van der Waals surface area contributed by atoms with E-state index in [2.05, 4.69) is 26.9 Å². The zero-order valence-corrected chi connectivity index (χ0v) is 13.8. The summed E-state index contributed by atoms with van der Waals surface area (Å²) >= 11 is 0. The smallest absolute Gasteiger partial charge is 0.298 e. The molecule has 1 aliphatic rings. The molecule has 5 nitrogen and oxygen atoms in total. The van der Waals surface area contributed by atoms with Gasteiger partial charge in [0.25, 0.3) is 6.01 Å². The second-order valence-electron chi connectivity index (χ2n) is 5.84. The molecule has 0 aliphatic carbocycles. The topological polar surface area (TPSA) is 41.7 Å². The summed E-state index contributed by atoms with van der Waals surface area (Å²) in [5.41, 5.74) is 2.92. The van der Waals surface area contributed by atoms with Gasteiger partial charge >= 0.3 is 0 Å². The molecule has 1 aliphatic heterocycles. The minimum absolute atomic E-state index is 0.680. The summed E-state index contributed by atoms with van der Waals surface area (Å²) in [6.07, 6.45) is 0. The molecule has 0 bridgehead atoms. The van der Waals surface area contributed by atoms with E-state index in [4.69, 9.17) is 9.15 Å². The van der Waals surface area contributed by atoms with Crippen molar-refractivity contribution in [2.75, 3.05) is 42.6 Å². The summed E-state index contributed by atoms with van der Waals surface area (Å²) in [6.45, 7) is 6.30. The Morgan fingerprint density at radius 3 is 2.46 bits per heavy atom. The molecule has 1 fully saturated rings. The number of rotatable bonds is 4. The zero-order valence-electron chi connectivity index (χ0n) is 13.8. The van der Waals surface area contributed by atoms with Crippen molar-refractivity contribution in [3.05, 3.63) is 48.5 Å². The van der Waals surface area contributed by atoms with Crippen LogP contribution in [0.1, 0.15) is 6.92 Å². The SMILES string of the molecule is CCOc1ccccc1N1CCN(c2nc3ccccc3o2)CC1. The number of fused-ring (bicyclic) bond motifs is 1. The van der Waals surface area contributed by atoms with Crippen molar-refractivity contribution in [3.63, 3.8) is 0 Å². The molecule has 0 saturated carbocycles. The first-order valence-electron chi connectivity index (χ1n) is 8.42. The van der Waals surface area contributed by atoms with Gasteiger partial charge in [-0.15, -0.1) is 0 Å². The van der Waals surface area contributed by atoms with Crippen LogP contribution in [0.15, 0.2) is 52.9 Å². The number of benzene rings is 2. The van der Waals surface area contributed by atoms with Gasteiger partial charge in [-0.3, -0.25) is 0 Å². The lowest BCUT2D eigenvalue weighted by atomic mass is 10.2. The summed E-state index contributed by atoms with van der Waals surface area (Å²) < 4.78 is 11.6. The molecule has 3 aromatic rings. The molecule has 0 unspecified atom stereocenters. The van der Waals surface area contributed by atoms with Gasteiger partial charge in [-0.25, -0.2) is 0 Å². The van der Waals surface area contributed by atoms with Gasteiger partial charge in [0.15, 0.2) is 5.58 Å². The Bertz CT molecular complexity index is 789. The number of para-hydroxylation sites is 4. The van der Waals surface area contributed by atoms with Gasteiger partial charge in [0.2, 0.25) is 0 Å². The number of hydrogen-bond donors (Lipinski definition) is 0. The van der Waals surface area contributed by atoms with Gasteiger partial charge in [-0.2, -0.15) is 4.98 Å². The van der Waals surface area contributed by atoms with Crippen molar-refractivity contribution in [3.8, 4) is 5.75 Å². The summed E-state index contributed by atoms with van der Waals surface area (Å²) in [5.74, 6) is 0.954. The third-order valence-electron chi connectivity index (χ3n) is 4.34. The Hall–Kier alpha value is -2.69. The fourth-order valence-electron chi connectivity index (χ4n) is 3.13. The van der Waals surface area contributed by atoms with E-state index in [9.17, 15) is 0 Å². The maximum absolute atomic E-state index is 5.88. The fraction of sp³-hybridized carbons (Fsp3) is 0.316. The minimum Gasteiger partial charge on any atom is -0.492 e. The third kappa shape index (κ3) is 2.77. The van der Waals surface area contributed by atoms with E-state index in [1.807, 2.05) is 43.3 Å². The molecule has 0 radical (unpaired) electrons. The van der Waals surface area contributed by atoms with Gasteiger partial charge < -0.3 is 19.0 Å². The van der Waals surface area contributed by atoms with E-state index in [0.717, 1.165) is 48.7 Å². The Morgan fingerprint density at radius 1 is 0.958 bits per heavy atom. The summed E-state index contributed by atoms with van der Waals surface area (Å²) in [4.78, 5) is 9.17. The molecule has 1 aromatic heterocycles. The molecule has 0 N–H and O–H groups in total. The Labute approximate surface area is 141 Å². The van der Waals surface area contributed by atoms with Gasteiger partial charge in [0, 0.05) is 26.2 Å². The second-order valence-corrected chi connectivity index (χ2v) is 5.84. The van der Waals surface area contributed by atoms with E-state index < -0.39 is 0 Å². The molecule has 5 heteroatoms. The summed E-state index contributed by atoms with van der Waals surface area (Å²) in [5, 5.41) is 0. The highest BCUT2D eigenvalue weighted by Gasteiger charge is 2.22. The molecular formula is C19H21N3O2. The molecule has 1 saturated heterocycles. The average Bonchev–Trinajstić information content (AvgIpc) is 3.07. The molecule has 0 amide bonds. The molecule has 4 rings (SSSR count). The molecule has 0 atom stereocenters. The van der Waals surface area contributed by atoms with Crippen molar-refractivity contribution in [1.29, 1.82) is 0 Å². The lowest BCUT2D eigenvalue weighted by Crippen LogP contribution is -2.46. The van der Waals surface area contributed by atoms with Gasteiger partial charge in [-0.05, 0) is 31.2 Å². The molecule has 24 heavy (non-hydrogen) atoms. The first-order chi connectivity index (χ1) is 11.8. The van der Waals surface area contributed by atoms with Crippen molar-refractivity contribution in [1.82, 2.24) is 4.98 Å². The number of piperazine rings is 1. The van der Waals surface area contributed by atoms with E-state index in [1.165, 1.54) is 0 Å². The number of anilines is 2. The first-order valence-corrected chi connectivity index (χ1v) is 8.42. The molecule has 2 aromatic carbocycles. The van der Waals surface area contributed by atoms with Crippen LogP contribution in [-0.4, -0.2) is 37.8 Å². The highest BCUT2D eigenvalue weighted by Crippen LogP contribution is 2.30. The van der Waals surface area contributed by atoms with Crippen molar-refractivity contribution >= 4 is 22.8 Å². The number of aromatic nitrogens is 1. The highest BCUT2D eigenvalue weighted by molar-refractivity contribution is 5.74. The van der Waals surface area contributed by atoms with Crippen molar-refractivity contribution in [2.45, 2.75) is 6.92 Å². The molecular weight excluding hydrogens is 302 g/mol. The number of ether oxygens (including phenoxy) is 1. The average molecular weight is 323 g/mol. The van der Waals surface area contributed by atoms with E-state index in [1.54, 1.807) is 0 Å². The van der Waals surface area contributed by atoms with Gasteiger partial charge in [0.05, 0.1) is 12.3 Å². The number of oxazole rings is 1. The van der Waals surface area contributed by atoms with E-state index >= 15 is 0 Å². The monoisotopic (exact) mass is 323 g/mol. The largest absolute Gasteiger partial charge is 0.492 e. The van der Waals surface area contributed by atoms with Crippen LogP contribution in [0.5, 0.6) is 5.75 Å². The highest BCUT2D eigenvalue weighted by atomic mass is 16.5. The molecule has 2 heterocycles. The van der Waals surface area contributed by atoms with Crippen LogP contribution < -0.4 is 14.5 Å². The predicted octanol–water partition coefficient (Wildman–Crippen LogP) is 3.55. The van der Waals surface area contributed by atoms with Crippen molar-refractivity contribution < 1.29 is 9.15 Å². The van der Waals surface area contributed by atoms with Gasteiger partial charge in [-0.1, -0.05) is 24.3 Å². The van der Waals surface area contributed by atoms with Crippen LogP contribution in [0.3, 0.4) is 0 Å². The fourth-order valence-corrected chi connectivity index (χ4v) is 3.13. The number of hydrogen-bond acceptors (Lipinski definition) is 5. The normalized spacial score (nSPS) is 15.0. The van der Waals surface area contributed by atoms with Gasteiger partial charge in [0.1, 0.15) is 11.3 Å². The second kappa shape index (κ2) is 6.43. The lowest BCUT2D eigenvalue weighted by molar-refractivity contribution is 0.340. The molecule has 124 valence electrons. The van der Waals surface area contributed by atoms with E-state index in [-0.39, 0.29) is 0 Å². The quantitative estimate of drug-likeness (QED) is 0.734. The van der Waals surface area contributed by atoms with Crippen LogP contribution in [0.4, 0.5) is 11.7 Å². The zero-order chi connectivity index (χ0) is 16.4.